The Morgan fingerprint density at radius 3 is 2.63 bits per heavy atom. The Balaban J connectivity index is 1.58. The van der Waals surface area contributed by atoms with Crippen molar-refractivity contribution in [1.82, 2.24) is 10.3 Å². The molecule has 35 heavy (non-hydrogen) atoms. The fraction of sp³-hybridized carbons (Fsp3) is 0.346. The summed E-state index contributed by atoms with van der Waals surface area (Å²) in [5, 5.41) is 9.02. The number of alkyl halides is 2. The number of nitrogens with zero attached hydrogens (tertiary/aromatic N) is 1. The summed E-state index contributed by atoms with van der Waals surface area (Å²) in [7, 11) is 1.60. The van der Waals surface area contributed by atoms with Gasteiger partial charge in [-0.3, -0.25) is 14.6 Å². The minimum atomic E-state index is -3.79. The van der Waals surface area contributed by atoms with E-state index in [9.17, 15) is 18.4 Å². The van der Waals surface area contributed by atoms with Gasteiger partial charge in [0.05, 0.1) is 29.6 Å². The largest absolute Gasteiger partial charge is 0.497 e. The number of anilines is 2. The highest BCUT2D eigenvalue weighted by molar-refractivity contribution is 5.93. The number of carbonyl (C=O) groups excluding carboxylic acids is 2. The second-order valence-corrected chi connectivity index (χ2v) is 8.50. The molecule has 7 nitrogen and oxygen atoms in total. The standard InChI is InChI=1S/C26H30F2N4O3/c1-16-9-10-22(32-18(3)33)21(13-16)26(27,28)25(34)30-12-5-7-17(2)31-23-15-20(35-4)14-19-8-6-11-29-24(19)23/h6,8-11,13-15,17,31H,5,7,12H2,1-4H3,(H,30,34)(H,32,33). The molecule has 1 unspecified atom stereocenters. The Labute approximate surface area is 203 Å². The highest BCUT2D eigenvalue weighted by Gasteiger charge is 2.42. The zero-order chi connectivity index (χ0) is 25.6. The molecule has 0 aliphatic carbocycles. The fourth-order valence-corrected chi connectivity index (χ4v) is 3.79. The maximum Gasteiger partial charge on any atom is 0.351 e. The summed E-state index contributed by atoms with van der Waals surface area (Å²) < 4.78 is 35.2. The molecule has 3 aromatic rings. The molecule has 1 aromatic heterocycles. The Hall–Kier alpha value is -3.75. The molecule has 0 fully saturated rings. The van der Waals surface area contributed by atoms with E-state index in [1.165, 1.54) is 19.1 Å². The zero-order valence-electron chi connectivity index (χ0n) is 20.2. The number of rotatable bonds is 10. The number of benzene rings is 2. The molecule has 3 N–H and O–H groups in total. The molecule has 2 amide bonds. The van der Waals surface area contributed by atoms with Gasteiger partial charge in [0.1, 0.15) is 5.75 Å². The summed E-state index contributed by atoms with van der Waals surface area (Å²) >= 11 is 0. The van der Waals surface area contributed by atoms with Crippen LogP contribution < -0.4 is 20.7 Å². The van der Waals surface area contributed by atoms with E-state index in [0.29, 0.717) is 24.2 Å². The molecule has 186 valence electrons. The molecule has 0 saturated carbocycles. The second-order valence-electron chi connectivity index (χ2n) is 8.50. The average Bonchev–Trinajstić information content (AvgIpc) is 2.82. The number of halogens is 2. The number of carbonyl (C=O) groups is 2. The Kier molecular flexibility index (Phi) is 8.22. The first kappa shape index (κ1) is 25.9. The highest BCUT2D eigenvalue weighted by atomic mass is 19.3. The van der Waals surface area contributed by atoms with Crippen molar-refractivity contribution in [3.8, 4) is 5.75 Å². The fourth-order valence-electron chi connectivity index (χ4n) is 3.79. The molecule has 1 heterocycles. The van der Waals surface area contributed by atoms with E-state index in [1.807, 2.05) is 31.2 Å². The SMILES string of the molecule is COc1cc(NC(C)CCCNC(=O)C(F)(F)c2cc(C)ccc2NC(C)=O)c2ncccc2c1. The van der Waals surface area contributed by atoms with Crippen molar-refractivity contribution in [2.45, 2.75) is 45.6 Å². The minimum Gasteiger partial charge on any atom is -0.497 e. The van der Waals surface area contributed by atoms with Gasteiger partial charge in [-0.2, -0.15) is 8.78 Å². The quantitative estimate of drug-likeness (QED) is 0.352. The summed E-state index contributed by atoms with van der Waals surface area (Å²) in [6.07, 6.45) is 2.82. The van der Waals surface area contributed by atoms with Crippen LogP contribution >= 0.6 is 0 Å². The van der Waals surface area contributed by atoms with Crippen molar-refractivity contribution in [2.75, 3.05) is 24.3 Å². The topological polar surface area (TPSA) is 92.4 Å². The lowest BCUT2D eigenvalue weighted by Crippen LogP contribution is -2.39. The van der Waals surface area contributed by atoms with Crippen LogP contribution in [0.5, 0.6) is 5.75 Å². The summed E-state index contributed by atoms with van der Waals surface area (Å²) in [5.74, 6) is -4.99. The molecule has 0 aliphatic rings. The van der Waals surface area contributed by atoms with E-state index >= 15 is 0 Å². The first-order valence-corrected chi connectivity index (χ1v) is 11.4. The van der Waals surface area contributed by atoms with Crippen molar-refractivity contribution < 1.29 is 23.1 Å². The normalized spacial score (nSPS) is 12.2. The van der Waals surface area contributed by atoms with Crippen LogP contribution in [0.15, 0.2) is 48.7 Å². The van der Waals surface area contributed by atoms with Crippen molar-refractivity contribution in [3.05, 3.63) is 59.8 Å². The summed E-state index contributed by atoms with van der Waals surface area (Å²) in [6.45, 7) is 4.92. The van der Waals surface area contributed by atoms with E-state index in [2.05, 4.69) is 20.9 Å². The van der Waals surface area contributed by atoms with Gasteiger partial charge in [-0.15, -0.1) is 0 Å². The van der Waals surface area contributed by atoms with Crippen LogP contribution in [0.2, 0.25) is 0 Å². The first-order valence-electron chi connectivity index (χ1n) is 11.4. The Morgan fingerprint density at radius 1 is 1.14 bits per heavy atom. The average molecular weight is 485 g/mol. The summed E-state index contributed by atoms with van der Waals surface area (Å²) in [4.78, 5) is 28.2. The van der Waals surface area contributed by atoms with Gasteiger partial charge in [-0.1, -0.05) is 17.7 Å². The number of aryl methyl sites for hydroxylation is 1. The van der Waals surface area contributed by atoms with Gasteiger partial charge in [-0.05, 0) is 51.0 Å². The molecule has 0 saturated heterocycles. The molecular weight excluding hydrogens is 454 g/mol. The van der Waals surface area contributed by atoms with Gasteiger partial charge in [0, 0.05) is 37.2 Å². The lowest BCUT2D eigenvalue weighted by atomic mass is 10.0. The van der Waals surface area contributed by atoms with E-state index in [1.54, 1.807) is 26.3 Å². The molecule has 3 rings (SSSR count). The number of ether oxygens (including phenoxy) is 1. The van der Waals surface area contributed by atoms with E-state index < -0.39 is 23.3 Å². The van der Waals surface area contributed by atoms with Gasteiger partial charge in [0.15, 0.2) is 0 Å². The zero-order valence-corrected chi connectivity index (χ0v) is 20.2. The molecule has 0 spiro atoms. The molecule has 1 atom stereocenters. The van der Waals surface area contributed by atoms with Crippen LogP contribution in [0.3, 0.4) is 0 Å². The number of nitrogens with one attached hydrogen (secondary N) is 3. The molecular formula is C26H30F2N4O3. The highest BCUT2D eigenvalue weighted by Crippen LogP contribution is 2.35. The Bertz CT molecular complexity index is 1220. The van der Waals surface area contributed by atoms with Crippen LogP contribution in [0.1, 0.15) is 37.8 Å². The van der Waals surface area contributed by atoms with Gasteiger partial charge >= 0.3 is 5.92 Å². The number of methoxy groups -OCH3 is 1. The first-order chi connectivity index (χ1) is 16.6. The van der Waals surface area contributed by atoms with Crippen molar-refractivity contribution in [3.63, 3.8) is 0 Å². The number of aromatic nitrogens is 1. The van der Waals surface area contributed by atoms with E-state index in [4.69, 9.17) is 4.74 Å². The lowest BCUT2D eigenvalue weighted by molar-refractivity contribution is -0.146. The number of amides is 2. The van der Waals surface area contributed by atoms with Gasteiger partial charge < -0.3 is 20.7 Å². The monoisotopic (exact) mass is 484 g/mol. The lowest BCUT2D eigenvalue weighted by Gasteiger charge is -2.21. The smallest absolute Gasteiger partial charge is 0.351 e. The Morgan fingerprint density at radius 2 is 1.91 bits per heavy atom. The number of fused-ring (bicyclic) bond motifs is 1. The van der Waals surface area contributed by atoms with Crippen molar-refractivity contribution in [2.24, 2.45) is 0 Å². The third-order valence-electron chi connectivity index (χ3n) is 5.52. The maximum atomic E-state index is 14.9. The van der Waals surface area contributed by atoms with Crippen LogP contribution in [0.25, 0.3) is 10.9 Å². The molecule has 0 radical (unpaired) electrons. The second kappa shape index (κ2) is 11.1. The van der Waals surface area contributed by atoms with E-state index in [-0.39, 0.29) is 18.3 Å². The van der Waals surface area contributed by atoms with Gasteiger partial charge in [0.25, 0.3) is 5.91 Å². The third kappa shape index (κ3) is 6.44. The van der Waals surface area contributed by atoms with Crippen LogP contribution in [0.4, 0.5) is 20.2 Å². The number of hydrogen-bond acceptors (Lipinski definition) is 5. The molecule has 0 aliphatic heterocycles. The predicted octanol–water partition coefficient (Wildman–Crippen LogP) is 5.00. The number of hydrogen-bond donors (Lipinski definition) is 3. The maximum absolute atomic E-state index is 14.9. The van der Waals surface area contributed by atoms with Crippen LogP contribution in [-0.4, -0.2) is 36.5 Å². The summed E-state index contributed by atoms with van der Waals surface area (Å²) in [6, 6.07) is 11.7. The number of pyridine rings is 1. The van der Waals surface area contributed by atoms with Gasteiger partial charge in [0.2, 0.25) is 5.91 Å². The van der Waals surface area contributed by atoms with Crippen LogP contribution in [-0.2, 0) is 15.5 Å². The van der Waals surface area contributed by atoms with Gasteiger partial charge in [-0.25, -0.2) is 0 Å². The van der Waals surface area contributed by atoms with Crippen molar-refractivity contribution >= 4 is 34.1 Å². The van der Waals surface area contributed by atoms with E-state index in [0.717, 1.165) is 16.6 Å². The molecule has 0 bridgehead atoms. The molecule has 2 aromatic carbocycles. The predicted molar refractivity (Wildman–Crippen MR) is 133 cm³/mol. The third-order valence-corrected chi connectivity index (χ3v) is 5.52. The molecule has 9 heteroatoms. The van der Waals surface area contributed by atoms with Crippen molar-refractivity contribution in [1.29, 1.82) is 0 Å². The van der Waals surface area contributed by atoms with Crippen LogP contribution in [0, 0.1) is 6.92 Å². The summed E-state index contributed by atoms with van der Waals surface area (Å²) in [5.41, 5.74) is 1.56. The minimum absolute atomic E-state index is 0.00660.